The number of imidazole rings is 1. The van der Waals surface area contributed by atoms with Crippen molar-refractivity contribution in [1.29, 1.82) is 0 Å². The summed E-state index contributed by atoms with van der Waals surface area (Å²) in [7, 11) is 0. The van der Waals surface area contributed by atoms with E-state index in [-0.39, 0.29) is 30.2 Å². The standard InChI is InChI=1S/C12H14BrN5O.ClH/c13-9-5-15-10-11(16-9)17(7-1-2-7)12(19)18(10)8-3-6(14)4-8;/h5-8H,1-4,14H2;1H. The second-order valence-corrected chi connectivity index (χ2v) is 6.29. The summed E-state index contributed by atoms with van der Waals surface area (Å²) in [5.41, 5.74) is 7.25. The number of rotatable bonds is 2. The van der Waals surface area contributed by atoms with Crippen LogP contribution in [0.25, 0.3) is 11.3 Å². The summed E-state index contributed by atoms with van der Waals surface area (Å²) in [5.74, 6) is 0. The Morgan fingerprint density at radius 2 is 1.85 bits per heavy atom. The van der Waals surface area contributed by atoms with E-state index in [1.165, 1.54) is 0 Å². The van der Waals surface area contributed by atoms with Crippen LogP contribution in [0.1, 0.15) is 37.8 Å². The molecular formula is C12H15BrClN5O. The molecular weight excluding hydrogens is 346 g/mol. The van der Waals surface area contributed by atoms with Gasteiger partial charge in [-0.1, -0.05) is 0 Å². The first-order valence-electron chi connectivity index (χ1n) is 6.55. The van der Waals surface area contributed by atoms with Gasteiger partial charge >= 0.3 is 5.69 Å². The molecule has 2 fully saturated rings. The maximum Gasteiger partial charge on any atom is 0.332 e. The van der Waals surface area contributed by atoms with Crippen molar-refractivity contribution in [3.05, 3.63) is 21.3 Å². The third-order valence-electron chi connectivity index (χ3n) is 4.00. The summed E-state index contributed by atoms with van der Waals surface area (Å²) in [6.07, 6.45) is 5.45. The lowest BCUT2D eigenvalue weighted by atomic mass is 9.87. The fraction of sp³-hybridized carbons (Fsp3) is 0.583. The van der Waals surface area contributed by atoms with Gasteiger partial charge in [-0.2, -0.15) is 0 Å². The SMILES string of the molecule is Cl.NC1CC(n2c(=O)n(C3CC3)c3nc(Br)cnc32)C1. The van der Waals surface area contributed by atoms with Crippen LogP contribution in [-0.4, -0.2) is 25.1 Å². The highest BCUT2D eigenvalue weighted by atomic mass is 79.9. The summed E-state index contributed by atoms with van der Waals surface area (Å²) in [6, 6.07) is 0.689. The Balaban J connectivity index is 0.00000121. The van der Waals surface area contributed by atoms with Crippen molar-refractivity contribution in [2.45, 2.75) is 43.8 Å². The highest BCUT2D eigenvalue weighted by Crippen LogP contribution is 2.38. The maximum atomic E-state index is 12.6. The van der Waals surface area contributed by atoms with E-state index in [9.17, 15) is 4.79 Å². The third kappa shape index (κ3) is 1.99. The number of nitrogens with two attached hydrogens (primary N) is 1. The molecule has 0 unspecified atom stereocenters. The van der Waals surface area contributed by atoms with Crippen molar-refractivity contribution in [2.75, 3.05) is 0 Å². The summed E-state index contributed by atoms with van der Waals surface area (Å²) in [4.78, 5) is 21.4. The molecule has 0 aromatic carbocycles. The Labute approximate surface area is 129 Å². The normalized spacial score (nSPS) is 25.3. The van der Waals surface area contributed by atoms with Crippen LogP contribution >= 0.6 is 28.3 Å². The summed E-state index contributed by atoms with van der Waals surface area (Å²) in [6.45, 7) is 0. The number of halogens is 2. The molecule has 108 valence electrons. The van der Waals surface area contributed by atoms with Gasteiger partial charge in [-0.25, -0.2) is 14.8 Å². The molecule has 0 bridgehead atoms. The summed E-state index contributed by atoms with van der Waals surface area (Å²) < 4.78 is 4.25. The molecule has 4 rings (SSSR count). The largest absolute Gasteiger partial charge is 0.332 e. The van der Waals surface area contributed by atoms with Crippen molar-refractivity contribution in [3.63, 3.8) is 0 Å². The van der Waals surface area contributed by atoms with Gasteiger partial charge in [0.1, 0.15) is 4.60 Å². The monoisotopic (exact) mass is 359 g/mol. The lowest BCUT2D eigenvalue weighted by Gasteiger charge is -2.32. The van der Waals surface area contributed by atoms with Gasteiger partial charge in [-0.05, 0) is 41.6 Å². The molecule has 0 radical (unpaired) electrons. The Morgan fingerprint density at radius 1 is 1.20 bits per heavy atom. The number of nitrogens with zero attached hydrogens (tertiary/aromatic N) is 4. The second kappa shape index (κ2) is 4.82. The first kappa shape index (κ1) is 14.0. The highest BCUT2D eigenvalue weighted by Gasteiger charge is 2.35. The number of hydrogen-bond donors (Lipinski definition) is 1. The van der Waals surface area contributed by atoms with Gasteiger partial charge in [0, 0.05) is 18.1 Å². The average Bonchev–Trinajstić information content (AvgIpc) is 3.11. The van der Waals surface area contributed by atoms with E-state index in [0.717, 1.165) is 25.7 Å². The summed E-state index contributed by atoms with van der Waals surface area (Å²) in [5, 5.41) is 0. The molecule has 0 amide bonds. The van der Waals surface area contributed by atoms with E-state index >= 15 is 0 Å². The van der Waals surface area contributed by atoms with E-state index in [2.05, 4.69) is 25.9 Å². The van der Waals surface area contributed by atoms with Crippen LogP contribution < -0.4 is 11.4 Å². The van der Waals surface area contributed by atoms with Crippen molar-refractivity contribution < 1.29 is 0 Å². The molecule has 0 aliphatic heterocycles. The number of hydrogen-bond acceptors (Lipinski definition) is 4. The lowest BCUT2D eigenvalue weighted by Crippen LogP contribution is -2.41. The van der Waals surface area contributed by atoms with Gasteiger partial charge in [0.2, 0.25) is 0 Å². The maximum absolute atomic E-state index is 12.6. The van der Waals surface area contributed by atoms with E-state index in [0.29, 0.717) is 21.9 Å². The summed E-state index contributed by atoms with van der Waals surface area (Å²) >= 11 is 3.33. The number of fused-ring (bicyclic) bond motifs is 1. The molecule has 2 N–H and O–H groups in total. The molecule has 2 saturated carbocycles. The number of aromatic nitrogens is 4. The van der Waals surface area contributed by atoms with Crippen molar-refractivity contribution in [3.8, 4) is 0 Å². The first-order chi connectivity index (χ1) is 9.15. The topological polar surface area (TPSA) is 78.7 Å². The molecule has 2 aliphatic rings. The molecule has 0 spiro atoms. The minimum atomic E-state index is 0. The molecule has 6 nitrogen and oxygen atoms in total. The predicted molar refractivity (Wildman–Crippen MR) is 81.3 cm³/mol. The predicted octanol–water partition coefficient (Wildman–Crippen LogP) is 1.77. The molecule has 2 aliphatic carbocycles. The van der Waals surface area contributed by atoms with E-state index < -0.39 is 0 Å². The van der Waals surface area contributed by atoms with Crippen LogP contribution in [0.4, 0.5) is 0 Å². The smallest absolute Gasteiger partial charge is 0.328 e. The minimum absolute atomic E-state index is 0. The Hall–Kier alpha value is -0.920. The van der Waals surface area contributed by atoms with E-state index in [1.807, 2.05) is 0 Å². The fourth-order valence-electron chi connectivity index (χ4n) is 2.81. The van der Waals surface area contributed by atoms with Crippen LogP contribution in [-0.2, 0) is 0 Å². The zero-order chi connectivity index (χ0) is 13.1. The molecule has 2 heterocycles. The zero-order valence-corrected chi connectivity index (χ0v) is 13.1. The van der Waals surface area contributed by atoms with Gasteiger partial charge in [-0.15, -0.1) is 12.4 Å². The zero-order valence-electron chi connectivity index (χ0n) is 10.7. The van der Waals surface area contributed by atoms with Crippen LogP contribution in [0.5, 0.6) is 0 Å². The van der Waals surface area contributed by atoms with Crippen LogP contribution in [0.15, 0.2) is 15.6 Å². The molecule has 0 saturated heterocycles. The highest BCUT2D eigenvalue weighted by molar-refractivity contribution is 9.10. The van der Waals surface area contributed by atoms with Crippen LogP contribution in [0.2, 0.25) is 0 Å². The van der Waals surface area contributed by atoms with Crippen molar-refractivity contribution in [1.82, 2.24) is 19.1 Å². The van der Waals surface area contributed by atoms with Gasteiger partial charge in [0.15, 0.2) is 11.3 Å². The Morgan fingerprint density at radius 3 is 2.45 bits per heavy atom. The minimum Gasteiger partial charge on any atom is -0.328 e. The molecule has 8 heteroatoms. The van der Waals surface area contributed by atoms with Gasteiger partial charge in [0.25, 0.3) is 0 Å². The van der Waals surface area contributed by atoms with Crippen LogP contribution in [0.3, 0.4) is 0 Å². The third-order valence-corrected chi connectivity index (χ3v) is 4.38. The average molecular weight is 361 g/mol. The molecule has 0 atom stereocenters. The quantitative estimate of drug-likeness (QED) is 0.885. The van der Waals surface area contributed by atoms with Crippen molar-refractivity contribution in [2.24, 2.45) is 5.73 Å². The Kier molecular flexibility index (Phi) is 3.38. The molecule has 20 heavy (non-hydrogen) atoms. The van der Waals surface area contributed by atoms with E-state index in [4.69, 9.17) is 5.73 Å². The van der Waals surface area contributed by atoms with Crippen molar-refractivity contribution >= 4 is 39.6 Å². The first-order valence-corrected chi connectivity index (χ1v) is 7.35. The van der Waals surface area contributed by atoms with Gasteiger partial charge < -0.3 is 5.73 Å². The van der Waals surface area contributed by atoms with Gasteiger partial charge in [-0.3, -0.25) is 9.13 Å². The Bertz CT molecular complexity index is 716. The van der Waals surface area contributed by atoms with Gasteiger partial charge in [0.05, 0.1) is 6.20 Å². The molecule has 2 aromatic heterocycles. The lowest BCUT2D eigenvalue weighted by molar-refractivity contribution is 0.264. The molecule has 2 aromatic rings. The van der Waals surface area contributed by atoms with E-state index in [1.54, 1.807) is 15.3 Å². The van der Waals surface area contributed by atoms with Crippen LogP contribution in [0, 0.1) is 0 Å². The fourth-order valence-corrected chi connectivity index (χ4v) is 3.08. The second-order valence-electron chi connectivity index (χ2n) is 5.48.